The van der Waals surface area contributed by atoms with E-state index < -0.39 is 22.7 Å². The minimum absolute atomic E-state index is 0.00452. The number of hydrogen-bond acceptors (Lipinski definition) is 10. The van der Waals surface area contributed by atoms with Crippen LogP contribution in [-0.4, -0.2) is 122 Å². The van der Waals surface area contributed by atoms with Gasteiger partial charge >= 0.3 is 6.09 Å². The van der Waals surface area contributed by atoms with Crippen molar-refractivity contribution < 1.29 is 47.3 Å². The number of carboxylic acid groups (broad SMARTS) is 1. The lowest BCUT2D eigenvalue weighted by molar-refractivity contribution is 0.0678. The number of methoxy groups -OCH3 is 2. The molecule has 4 aromatic carbocycles. The highest BCUT2D eigenvalue weighted by atomic mass is 28.4. The Bertz CT molecular complexity index is 2560. The maximum absolute atomic E-state index is 15.0. The maximum Gasteiger partial charge on any atom is 0.411 e. The molecule has 4 aromatic rings. The number of amides is 3. The molecule has 2 saturated heterocycles. The molecule has 1 aliphatic carbocycles. The van der Waals surface area contributed by atoms with E-state index in [1.54, 1.807) is 24.3 Å². The summed E-state index contributed by atoms with van der Waals surface area (Å²) >= 11 is 0. The van der Waals surface area contributed by atoms with E-state index in [0.29, 0.717) is 55.5 Å². The number of nitrogens with two attached hydrogens (primary N) is 1. The number of likely N-dealkylation sites (tertiary alicyclic amines) is 2. The van der Waals surface area contributed by atoms with Crippen LogP contribution in [0.5, 0.6) is 23.0 Å². The number of anilines is 2. The average molecular weight is 1020 g/mol. The normalized spacial score (nSPS) is 17.2. The van der Waals surface area contributed by atoms with Gasteiger partial charge < -0.3 is 48.4 Å². The lowest BCUT2D eigenvalue weighted by Gasteiger charge is -2.38. The molecule has 2 heterocycles. The summed E-state index contributed by atoms with van der Waals surface area (Å²) in [5.74, 6) is 0.584. The van der Waals surface area contributed by atoms with Gasteiger partial charge in [-0.1, -0.05) is 90.1 Å². The van der Waals surface area contributed by atoms with E-state index in [2.05, 4.69) is 79.9 Å². The van der Waals surface area contributed by atoms with Crippen LogP contribution in [0.3, 0.4) is 0 Å². The number of nitrogen functional groups attached to an aromatic ring is 1. The Kier molecular flexibility index (Phi) is 16.5. The molecule has 0 aromatic heterocycles. The van der Waals surface area contributed by atoms with Crippen molar-refractivity contribution in [2.75, 3.05) is 70.9 Å². The number of nitrogens with zero attached hydrogens (tertiary/aromatic N) is 3. The molecular formula is C56H78N4O10Si2. The number of ether oxygens (including phenoxy) is 4. The zero-order chi connectivity index (χ0) is 52.3. The summed E-state index contributed by atoms with van der Waals surface area (Å²) in [5.41, 5.74) is 11.8. The summed E-state index contributed by atoms with van der Waals surface area (Å²) in [6.07, 6.45) is 2.54. The van der Waals surface area contributed by atoms with Crippen molar-refractivity contribution in [3.8, 4) is 34.1 Å². The van der Waals surface area contributed by atoms with Crippen LogP contribution in [0.2, 0.25) is 36.3 Å². The highest BCUT2D eigenvalue weighted by molar-refractivity contribution is 6.74. The molecule has 2 unspecified atom stereocenters. The molecule has 3 N–H and O–H groups in total. The van der Waals surface area contributed by atoms with Crippen molar-refractivity contribution >= 4 is 45.9 Å². The number of hydrogen-bond donors (Lipinski definition) is 2. The second-order valence-electron chi connectivity index (χ2n) is 22.5. The molecule has 3 aliphatic rings. The Morgan fingerprint density at radius 1 is 0.667 bits per heavy atom. The van der Waals surface area contributed by atoms with Gasteiger partial charge in [0.05, 0.1) is 69.5 Å². The number of fused-ring (bicyclic) bond motifs is 3. The Hall–Kier alpha value is -5.56. The van der Waals surface area contributed by atoms with Crippen LogP contribution in [0.1, 0.15) is 111 Å². The van der Waals surface area contributed by atoms with Gasteiger partial charge in [0.2, 0.25) is 0 Å². The second-order valence-corrected chi connectivity index (χ2v) is 32.1. The zero-order valence-electron chi connectivity index (χ0n) is 44.7. The third kappa shape index (κ3) is 11.5. The van der Waals surface area contributed by atoms with Crippen LogP contribution in [-0.2, 0) is 8.85 Å². The van der Waals surface area contributed by atoms with E-state index >= 15 is 0 Å². The van der Waals surface area contributed by atoms with Gasteiger partial charge in [0, 0.05) is 49.8 Å². The van der Waals surface area contributed by atoms with E-state index in [1.807, 2.05) is 46.2 Å². The topological polar surface area (TPSA) is 163 Å². The summed E-state index contributed by atoms with van der Waals surface area (Å²) in [7, 11) is -1.11. The minimum Gasteiger partial charge on any atom is -0.493 e. The SMILES string of the molecule is COc1cc(C(=O)N2CCCC2CO[Si](C)(C)C(C)(C)C)c(N)cc1OCCCOc1cc(N(CC2c3ccccc3-c3ccccc32)C(=O)O)c(C(=O)N2CCCC2CO[Si](C)(C)C(C)(C)C)cc1OC. The van der Waals surface area contributed by atoms with Gasteiger partial charge in [-0.25, -0.2) is 4.79 Å². The van der Waals surface area contributed by atoms with Gasteiger partial charge in [0.1, 0.15) is 0 Å². The first kappa shape index (κ1) is 54.2. The van der Waals surface area contributed by atoms with Crippen LogP contribution in [0, 0.1) is 0 Å². The third-order valence-corrected chi connectivity index (χ3v) is 24.9. The molecule has 2 aliphatic heterocycles. The van der Waals surface area contributed by atoms with Crippen LogP contribution < -0.4 is 29.6 Å². The van der Waals surface area contributed by atoms with Crippen LogP contribution in [0.15, 0.2) is 72.8 Å². The van der Waals surface area contributed by atoms with Gasteiger partial charge in [-0.05, 0) is 96.3 Å². The highest BCUT2D eigenvalue weighted by Crippen LogP contribution is 2.47. The largest absolute Gasteiger partial charge is 0.493 e. The van der Waals surface area contributed by atoms with Crippen LogP contribution in [0.25, 0.3) is 11.1 Å². The lowest BCUT2D eigenvalue weighted by Crippen LogP contribution is -2.46. The fourth-order valence-electron chi connectivity index (χ4n) is 9.50. The Morgan fingerprint density at radius 2 is 1.11 bits per heavy atom. The average Bonchev–Trinajstić information content (AvgIpc) is 4.09. The fourth-order valence-corrected chi connectivity index (χ4v) is 11.6. The van der Waals surface area contributed by atoms with Gasteiger partial charge in [-0.2, -0.15) is 0 Å². The first-order chi connectivity index (χ1) is 34.0. The van der Waals surface area contributed by atoms with Crippen LogP contribution >= 0.6 is 0 Å². The summed E-state index contributed by atoms with van der Waals surface area (Å²) in [6.45, 7) is 24.5. The van der Waals surface area contributed by atoms with Gasteiger partial charge in [-0.3, -0.25) is 14.5 Å². The van der Waals surface area contributed by atoms with E-state index in [-0.39, 0.29) is 82.3 Å². The van der Waals surface area contributed by atoms with E-state index in [1.165, 1.54) is 19.1 Å². The zero-order valence-corrected chi connectivity index (χ0v) is 46.7. The second kappa shape index (κ2) is 21.9. The summed E-state index contributed by atoms with van der Waals surface area (Å²) < 4.78 is 37.4. The molecule has 2 fully saturated rings. The van der Waals surface area contributed by atoms with Crippen molar-refractivity contribution in [2.45, 2.75) is 128 Å². The smallest absolute Gasteiger partial charge is 0.411 e. The number of carbonyl (C=O) groups is 3. The molecule has 0 saturated carbocycles. The van der Waals surface area contributed by atoms with E-state index in [4.69, 9.17) is 33.5 Å². The van der Waals surface area contributed by atoms with E-state index in [0.717, 1.165) is 47.9 Å². The molecule has 7 rings (SSSR count). The van der Waals surface area contributed by atoms with Crippen molar-refractivity contribution in [1.82, 2.24) is 9.80 Å². The molecular weight excluding hydrogens is 945 g/mol. The van der Waals surface area contributed by atoms with Crippen LogP contribution in [0.4, 0.5) is 16.2 Å². The first-order valence-electron chi connectivity index (χ1n) is 25.5. The predicted molar refractivity (Wildman–Crippen MR) is 290 cm³/mol. The lowest BCUT2D eigenvalue weighted by atomic mass is 9.95. The van der Waals surface area contributed by atoms with Gasteiger partial charge in [-0.15, -0.1) is 0 Å². The predicted octanol–water partition coefficient (Wildman–Crippen LogP) is 11.7. The van der Waals surface area contributed by atoms with E-state index in [9.17, 15) is 19.5 Å². The Labute approximate surface area is 429 Å². The molecule has 0 radical (unpaired) electrons. The molecule has 0 spiro atoms. The van der Waals surface area contributed by atoms with Crippen molar-refractivity contribution in [3.63, 3.8) is 0 Å². The Morgan fingerprint density at radius 3 is 1.57 bits per heavy atom. The minimum atomic E-state index is -2.13. The van der Waals surface area contributed by atoms with Crippen molar-refractivity contribution in [2.24, 2.45) is 0 Å². The van der Waals surface area contributed by atoms with Gasteiger partial charge in [0.25, 0.3) is 11.8 Å². The highest BCUT2D eigenvalue weighted by Gasteiger charge is 2.42. The van der Waals surface area contributed by atoms with Gasteiger partial charge in [0.15, 0.2) is 39.6 Å². The van der Waals surface area contributed by atoms with Crippen molar-refractivity contribution in [3.05, 3.63) is 95.1 Å². The molecule has 72 heavy (non-hydrogen) atoms. The number of carbonyl (C=O) groups excluding carboxylic acids is 2. The third-order valence-electron chi connectivity index (χ3n) is 15.9. The summed E-state index contributed by atoms with van der Waals surface area (Å²) in [4.78, 5) is 47.6. The quantitative estimate of drug-likeness (QED) is 0.0522. The summed E-state index contributed by atoms with van der Waals surface area (Å²) in [5, 5.41) is 11.2. The fraction of sp³-hybridized carbons (Fsp3) is 0.518. The first-order valence-corrected chi connectivity index (χ1v) is 31.3. The molecule has 0 bridgehead atoms. The monoisotopic (exact) mass is 1020 g/mol. The number of rotatable bonds is 19. The molecule has 3 amide bonds. The molecule has 390 valence electrons. The molecule has 14 nitrogen and oxygen atoms in total. The summed E-state index contributed by atoms with van der Waals surface area (Å²) in [6, 6.07) is 22.4. The van der Waals surface area contributed by atoms with Crippen molar-refractivity contribution in [1.29, 1.82) is 0 Å². The maximum atomic E-state index is 15.0. The molecule has 16 heteroatoms. The molecule has 2 atom stereocenters. The Balaban J connectivity index is 1.10. The number of benzene rings is 4. The standard InChI is InChI=1S/C56H78N4O10Si2/c1-55(2,3)71(9,10)69-35-37-20-17-26-58(37)52(61)43-30-48(65-7)50(32-46(43)57)67-28-19-29-68-51-33-47(60(54(63)64)34-45-41-24-15-13-22-39(41)40-23-14-16-25-42(40)45)44(31-49(51)66-8)53(62)59-27-18-21-38(59)36-70-72(11,12)56(4,5)6/h13-16,22-25,30-33,37-38,45H,17-21,26-29,34-36,57H2,1-12H3,(H,63,64).